The molecule has 15 heavy (non-hydrogen) atoms. The Hall–Kier alpha value is -1.41. The van der Waals surface area contributed by atoms with E-state index in [1.807, 2.05) is 6.07 Å². The van der Waals surface area contributed by atoms with Crippen LogP contribution in [0.2, 0.25) is 0 Å². The third kappa shape index (κ3) is 3.03. The molecular weight excluding hydrogens is 194 g/mol. The topological polar surface area (TPSA) is 87.2 Å². The van der Waals surface area contributed by atoms with E-state index in [0.29, 0.717) is 32.2 Å². The highest BCUT2D eigenvalue weighted by atomic mass is 16.2. The molecular formula is C10H15N3O2. The van der Waals surface area contributed by atoms with Gasteiger partial charge >= 0.3 is 0 Å². The molecule has 5 nitrogen and oxygen atoms in total. The van der Waals surface area contributed by atoms with Crippen LogP contribution < -0.4 is 5.73 Å². The number of hydrogen-bond donors (Lipinski definition) is 1. The quantitative estimate of drug-likeness (QED) is 0.668. The summed E-state index contributed by atoms with van der Waals surface area (Å²) in [5, 5.41) is 8.67. The van der Waals surface area contributed by atoms with Crippen LogP contribution in [0.5, 0.6) is 0 Å². The van der Waals surface area contributed by atoms with Crippen molar-refractivity contribution in [1.29, 1.82) is 5.26 Å². The third-order valence-electron chi connectivity index (χ3n) is 2.49. The normalized spacial score (nSPS) is 20.2. The number of carbonyl (C=O) groups excluding carboxylic acids is 2. The smallest absolute Gasteiger partial charge is 0.229 e. The van der Waals surface area contributed by atoms with Crippen LogP contribution in [0.25, 0.3) is 0 Å². The molecule has 1 fully saturated rings. The van der Waals surface area contributed by atoms with Crippen molar-refractivity contribution in [1.82, 2.24) is 4.90 Å². The first kappa shape index (κ1) is 11.7. The zero-order valence-corrected chi connectivity index (χ0v) is 8.82. The van der Waals surface area contributed by atoms with E-state index in [4.69, 9.17) is 11.0 Å². The van der Waals surface area contributed by atoms with E-state index in [0.717, 1.165) is 0 Å². The molecule has 0 aromatic rings. The van der Waals surface area contributed by atoms with Gasteiger partial charge < -0.3 is 5.73 Å². The van der Waals surface area contributed by atoms with Gasteiger partial charge in [0.05, 0.1) is 6.07 Å². The van der Waals surface area contributed by atoms with Crippen molar-refractivity contribution >= 4 is 11.8 Å². The van der Waals surface area contributed by atoms with Gasteiger partial charge in [-0.15, -0.1) is 0 Å². The summed E-state index contributed by atoms with van der Waals surface area (Å²) in [4.78, 5) is 23.7. The van der Waals surface area contributed by atoms with Gasteiger partial charge in [-0.25, -0.2) is 0 Å². The molecule has 1 rings (SSSR count). The average Bonchev–Trinajstić information content (AvgIpc) is 2.49. The van der Waals surface area contributed by atoms with Gasteiger partial charge in [-0.2, -0.15) is 5.26 Å². The molecule has 1 atom stereocenters. The summed E-state index contributed by atoms with van der Waals surface area (Å²) >= 11 is 0. The van der Waals surface area contributed by atoms with Crippen molar-refractivity contribution in [2.24, 2.45) is 5.73 Å². The summed E-state index contributed by atoms with van der Waals surface area (Å²) in [5.41, 5.74) is 4.75. The lowest BCUT2D eigenvalue weighted by atomic mass is 9.99. The van der Waals surface area contributed by atoms with Crippen LogP contribution >= 0.6 is 0 Å². The standard InChI is InChI=1S/C10H15N3O2/c1-10(12,7-11)5-2-6-13-8(14)3-4-9(13)15/h2-6,12H2,1H3. The second kappa shape index (κ2) is 4.41. The van der Waals surface area contributed by atoms with Crippen LogP contribution in [-0.4, -0.2) is 28.8 Å². The third-order valence-corrected chi connectivity index (χ3v) is 2.49. The molecule has 0 bridgehead atoms. The Morgan fingerprint density at radius 1 is 1.47 bits per heavy atom. The van der Waals surface area contributed by atoms with Gasteiger partial charge in [0.15, 0.2) is 0 Å². The van der Waals surface area contributed by atoms with Crippen LogP contribution in [0.15, 0.2) is 0 Å². The Labute approximate surface area is 88.8 Å². The number of likely N-dealkylation sites (tertiary alicyclic amines) is 1. The molecule has 0 aromatic carbocycles. The zero-order chi connectivity index (χ0) is 11.5. The first-order valence-corrected chi connectivity index (χ1v) is 4.99. The zero-order valence-electron chi connectivity index (χ0n) is 8.82. The molecule has 82 valence electrons. The summed E-state index contributed by atoms with van der Waals surface area (Å²) in [6, 6.07) is 1.98. The number of nitrogens with zero attached hydrogens (tertiary/aromatic N) is 2. The molecule has 1 unspecified atom stereocenters. The largest absolute Gasteiger partial charge is 0.314 e. The second-order valence-electron chi connectivity index (χ2n) is 4.07. The highest BCUT2D eigenvalue weighted by Crippen LogP contribution is 2.14. The average molecular weight is 209 g/mol. The van der Waals surface area contributed by atoms with E-state index in [-0.39, 0.29) is 11.8 Å². The van der Waals surface area contributed by atoms with Gasteiger partial charge in [0.1, 0.15) is 5.54 Å². The van der Waals surface area contributed by atoms with E-state index in [1.165, 1.54) is 4.90 Å². The Bertz CT molecular complexity index is 301. The predicted molar refractivity (Wildman–Crippen MR) is 53.4 cm³/mol. The first-order chi connectivity index (χ1) is 6.96. The molecule has 0 aliphatic carbocycles. The van der Waals surface area contributed by atoms with Crippen LogP contribution in [0.3, 0.4) is 0 Å². The van der Waals surface area contributed by atoms with Crippen molar-refractivity contribution in [3.05, 3.63) is 0 Å². The van der Waals surface area contributed by atoms with Crippen LogP contribution in [0.1, 0.15) is 32.6 Å². The lowest BCUT2D eigenvalue weighted by molar-refractivity contribution is -0.138. The first-order valence-electron chi connectivity index (χ1n) is 4.99. The molecule has 0 aromatic heterocycles. The van der Waals surface area contributed by atoms with Gasteiger partial charge in [0, 0.05) is 19.4 Å². The number of rotatable bonds is 4. The van der Waals surface area contributed by atoms with Gasteiger partial charge in [-0.05, 0) is 19.8 Å². The molecule has 0 spiro atoms. The summed E-state index contributed by atoms with van der Waals surface area (Å²) in [5.74, 6) is -0.230. The molecule has 1 saturated heterocycles. The van der Waals surface area contributed by atoms with Crippen LogP contribution in [0.4, 0.5) is 0 Å². The van der Waals surface area contributed by atoms with Crippen molar-refractivity contribution in [2.75, 3.05) is 6.54 Å². The van der Waals surface area contributed by atoms with Crippen molar-refractivity contribution in [3.63, 3.8) is 0 Å². The molecule has 0 saturated carbocycles. The van der Waals surface area contributed by atoms with Crippen molar-refractivity contribution in [3.8, 4) is 6.07 Å². The summed E-state index contributed by atoms with van der Waals surface area (Å²) in [7, 11) is 0. The molecule has 0 radical (unpaired) electrons. The number of imide groups is 1. The number of hydrogen-bond acceptors (Lipinski definition) is 4. The lowest BCUT2D eigenvalue weighted by Gasteiger charge is -2.18. The van der Waals surface area contributed by atoms with Gasteiger partial charge in [0.2, 0.25) is 11.8 Å². The Morgan fingerprint density at radius 3 is 2.47 bits per heavy atom. The maximum absolute atomic E-state index is 11.2. The summed E-state index contributed by atoms with van der Waals surface area (Å²) in [6.45, 7) is 2.02. The fraction of sp³-hybridized carbons (Fsp3) is 0.700. The molecule has 2 amide bonds. The predicted octanol–water partition coefficient (Wildman–Crippen LogP) is 0.157. The Kier molecular flexibility index (Phi) is 3.43. The lowest BCUT2D eigenvalue weighted by Crippen LogP contribution is -2.36. The molecule has 5 heteroatoms. The van der Waals surface area contributed by atoms with E-state index >= 15 is 0 Å². The summed E-state index contributed by atoms with van der Waals surface area (Å²) in [6.07, 6.45) is 1.70. The number of amides is 2. The van der Waals surface area contributed by atoms with E-state index < -0.39 is 5.54 Å². The second-order valence-corrected chi connectivity index (χ2v) is 4.07. The van der Waals surface area contributed by atoms with Crippen LogP contribution in [0, 0.1) is 11.3 Å². The highest BCUT2D eigenvalue weighted by molar-refractivity contribution is 6.01. The summed E-state index contributed by atoms with van der Waals surface area (Å²) < 4.78 is 0. The maximum atomic E-state index is 11.2. The highest BCUT2D eigenvalue weighted by Gasteiger charge is 2.28. The fourth-order valence-corrected chi connectivity index (χ4v) is 1.53. The fourth-order valence-electron chi connectivity index (χ4n) is 1.53. The van der Waals surface area contributed by atoms with Crippen LogP contribution in [-0.2, 0) is 9.59 Å². The SMILES string of the molecule is CC(N)(C#N)CCCN1C(=O)CCC1=O. The minimum atomic E-state index is -0.869. The van der Waals surface area contributed by atoms with E-state index in [2.05, 4.69) is 0 Å². The molecule has 2 N–H and O–H groups in total. The van der Waals surface area contributed by atoms with Gasteiger partial charge in [-0.3, -0.25) is 14.5 Å². The Morgan fingerprint density at radius 2 is 2.00 bits per heavy atom. The molecule has 1 heterocycles. The van der Waals surface area contributed by atoms with Gasteiger partial charge in [-0.1, -0.05) is 0 Å². The van der Waals surface area contributed by atoms with Crippen molar-refractivity contribution < 1.29 is 9.59 Å². The van der Waals surface area contributed by atoms with Crippen molar-refractivity contribution in [2.45, 2.75) is 38.1 Å². The number of nitrogens with two attached hydrogens (primary N) is 1. The number of nitriles is 1. The van der Waals surface area contributed by atoms with Gasteiger partial charge in [0.25, 0.3) is 0 Å². The molecule has 1 aliphatic heterocycles. The minimum Gasteiger partial charge on any atom is -0.314 e. The number of carbonyl (C=O) groups is 2. The monoisotopic (exact) mass is 209 g/mol. The minimum absolute atomic E-state index is 0.115. The van der Waals surface area contributed by atoms with E-state index in [9.17, 15) is 9.59 Å². The Balaban J connectivity index is 2.35. The maximum Gasteiger partial charge on any atom is 0.229 e. The molecule has 1 aliphatic rings. The van der Waals surface area contributed by atoms with E-state index in [1.54, 1.807) is 6.92 Å².